The van der Waals surface area contributed by atoms with Crippen molar-refractivity contribution in [2.24, 2.45) is 0 Å². The number of hydrogen-bond acceptors (Lipinski definition) is 1. The van der Waals surface area contributed by atoms with E-state index in [0.717, 1.165) is 6.42 Å². The molecular formula is C12H12IN. The lowest BCUT2D eigenvalue weighted by Gasteiger charge is -2.25. The number of rotatable bonds is 2. The van der Waals surface area contributed by atoms with Gasteiger partial charge in [-0.25, -0.2) is 0 Å². The molecule has 14 heavy (non-hydrogen) atoms. The van der Waals surface area contributed by atoms with E-state index in [1.54, 1.807) is 0 Å². The highest BCUT2D eigenvalue weighted by Crippen LogP contribution is 2.24. The minimum atomic E-state index is 0.489. The van der Waals surface area contributed by atoms with Crippen molar-refractivity contribution in [2.45, 2.75) is 12.5 Å². The van der Waals surface area contributed by atoms with E-state index >= 15 is 0 Å². The number of allylic oxidation sites excluding steroid dienone is 2. The Morgan fingerprint density at radius 3 is 2.57 bits per heavy atom. The lowest BCUT2D eigenvalue weighted by molar-refractivity contribution is 0.844. The number of hydrogen-bond donors (Lipinski definition) is 0. The summed E-state index contributed by atoms with van der Waals surface area (Å²) < 4.78 is 2.28. The fourth-order valence-electron chi connectivity index (χ4n) is 1.50. The molecule has 0 saturated heterocycles. The van der Waals surface area contributed by atoms with Crippen LogP contribution in [0.15, 0.2) is 54.6 Å². The molecule has 1 aromatic carbocycles. The van der Waals surface area contributed by atoms with E-state index < -0.39 is 0 Å². The fraction of sp³-hybridized carbons (Fsp3) is 0.167. The van der Waals surface area contributed by atoms with Gasteiger partial charge in [0.1, 0.15) is 0 Å². The van der Waals surface area contributed by atoms with E-state index in [2.05, 4.69) is 74.5 Å². The molecule has 1 aromatic rings. The maximum atomic E-state index is 2.37. The van der Waals surface area contributed by atoms with Gasteiger partial charge in [0.25, 0.3) is 0 Å². The van der Waals surface area contributed by atoms with Gasteiger partial charge in [0.2, 0.25) is 0 Å². The molecular weight excluding hydrogens is 285 g/mol. The molecule has 2 rings (SSSR count). The van der Waals surface area contributed by atoms with Gasteiger partial charge in [-0.3, -0.25) is 0 Å². The van der Waals surface area contributed by atoms with Crippen LogP contribution in [0.1, 0.15) is 6.42 Å². The van der Waals surface area contributed by atoms with Crippen molar-refractivity contribution in [3.8, 4) is 0 Å². The molecule has 0 heterocycles. The lowest BCUT2D eigenvalue weighted by Crippen LogP contribution is -2.24. The Morgan fingerprint density at radius 2 is 1.93 bits per heavy atom. The maximum Gasteiger partial charge on any atom is 0.0610 e. The second-order valence-corrected chi connectivity index (χ2v) is 4.30. The van der Waals surface area contributed by atoms with Crippen LogP contribution in [0.3, 0.4) is 0 Å². The topological polar surface area (TPSA) is 3.24 Å². The number of anilines is 1. The van der Waals surface area contributed by atoms with Gasteiger partial charge >= 0.3 is 0 Å². The van der Waals surface area contributed by atoms with Crippen molar-refractivity contribution in [2.75, 3.05) is 3.11 Å². The normalized spacial score (nSPS) is 19.6. The summed E-state index contributed by atoms with van der Waals surface area (Å²) >= 11 is 2.37. The van der Waals surface area contributed by atoms with Gasteiger partial charge < -0.3 is 3.11 Å². The average molecular weight is 297 g/mol. The predicted molar refractivity (Wildman–Crippen MR) is 69.6 cm³/mol. The Morgan fingerprint density at radius 1 is 1.14 bits per heavy atom. The quantitative estimate of drug-likeness (QED) is 0.594. The van der Waals surface area contributed by atoms with Crippen LogP contribution in [0.2, 0.25) is 0 Å². The van der Waals surface area contributed by atoms with Crippen LogP contribution in [0, 0.1) is 0 Å². The molecule has 0 spiro atoms. The Balaban J connectivity index is 2.12. The second-order valence-electron chi connectivity index (χ2n) is 3.26. The first-order valence-electron chi connectivity index (χ1n) is 4.71. The molecule has 2 heteroatoms. The van der Waals surface area contributed by atoms with Crippen LogP contribution < -0.4 is 3.11 Å². The Hall–Kier alpha value is -0.770. The molecule has 0 amide bonds. The van der Waals surface area contributed by atoms with Crippen molar-refractivity contribution in [3.05, 3.63) is 54.6 Å². The molecule has 1 aliphatic rings. The SMILES string of the molecule is IN(c1ccccc1)C1C=CC=CC1. The van der Waals surface area contributed by atoms with E-state index in [1.807, 2.05) is 6.07 Å². The molecule has 0 aromatic heterocycles. The van der Waals surface area contributed by atoms with E-state index in [9.17, 15) is 0 Å². The summed E-state index contributed by atoms with van der Waals surface area (Å²) in [4.78, 5) is 0. The number of halogens is 1. The fourth-order valence-corrected chi connectivity index (χ4v) is 2.23. The Kier molecular flexibility index (Phi) is 3.24. The van der Waals surface area contributed by atoms with E-state index in [-0.39, 0.29) is 0 Å². The highest BCUT2D eigenvalue weighted by Gasteiger charge is 2.13. The average Bonchev–Trinajstić information content (AvgIpc) is 2.30. The number of para-hydroxylation sites is 1. The third-order valence-corrected chi connectivity index (χ3v) is 3.52. The van der Waals surface area contributed by atoms with Gasteiger partial charge in [-0.15, -0.1) is 0 Å². The number of benzene rings is 1. The predicted octanol–water partition coefficient (Wildman–Crippen LogP) is 3.73. The van der Waals surface area contributed by atoms with Crippen molar-refractivity contribution in [1.29, 1.82) is 0 Å². The van der Waals surface area contributed by atoms with Gasteiger partial charge in [-0.1, -0.05) is 42.5 Å². The molecule has 0 aliphatic heterocycles. The molecule has 1 unspecified atom stereocenters. The minimum Gasteiger partial charge on any atom is -0.308 e. The summed E-state index contributed by atoms with van der Waals surface area (Å²) in [5.41, 5.74) is 1.26. The first-order valence-corrected chi connectivity index (χ1v) is 5.68. The van der Waals surface area contributed by atoms with Gasteiger partial charge in [0.15, 0.2) is 0 Å². The zero-order chi connectivity index (χ0) is 9.80. The van der Waals surface area contributed by atoms with Crippen molar-refractivity contribution < 1.29 is 0 Å². The molecule has 0 bridgehead atoms. The minimum absolute atomic E-state index is 0.489. The Bertz CT molecular complexity index is 343. The molecule has 1 atom stereocenters. The summed E-state index contributed by atoms with van der Waals surface area (Å²) in [6.07, 6.45) is 9.75. The zero-order valence-corrected chi connectivity index (χ0v) is 9.96. The molecule has 1 nitrogen and oxygen atoms in total. The van der Waals surface area contributed by atoms with Crippen LogP contribution in [-0.2, 0) is 0 Å². The van der Waals surface area contributed by atoms with Gasteiger partial charge in [0.05, 0.1) is 28.9 Å². The largest absolute Gasteiger partial charge is 0.308 e. The van der Waals surface area contributed by atoms with Crippen LogP contribution >= 0.6 is 22.9 Å². The van der Waals surface area contributed by atoms with E-state index in [0.29, 0.717) is 6.04 Å². The third kappa shape index (κ3) is 2.18. The highest BCUT2D eigenvalue weighted by atomic mass is 127. The summed E-state index contributed by atoms with van der Waals surface area (Å²) in [7, 11) is 0. The molecule has 72 valence electrons. The maximum absolute atomic E-state index is 2.37. The third-order valence-electron chi connectivity index (χ3n) is 2.25. The molecule has 0 saturated carbocycles. The summed E-state index contributed by atoms with van der Waals surface area (Å²) in [6, 6.07) is 11.0. The van der Waals surface area contributed by atoms with Crippen molar-refractivity contribution in [3.63, 3.8) is 0 Å². The highest BCUT2D eigenvalue weighted by molar-refractivity contribution is 14.1. The standard InChI is InChI=1S/C12H12IN/c13-14(11-7-3-1-4-8-11)12-9-5-2-6-10-12/h1-9,12H,10H2. The van der Waals surface area contributed by atoms with Gasteiger partial charge in [-0.2, -0.15) is 0 Å². The molecule has 0 radical (unpaired) electrons. The van der Waals surface area contributed by atoms with Gasteiger partial charge in [-0.05, 0) is 18.6 Å². The zero-order valence-electron chi connectivity index (χ0n) is 7.81. The van der Waals surface area contributed by atoms with Gasteiger partial charge in [0, 0.05) is 5.69 Å². The molecule has 1 aliphatic carbocycles. The summed E-state index contributed by atoms with van der Waals surface area (Å²) in [5, 5.41) is 0. The number of nitrogens with zero attached hydrogens (tertiary/aromatic N) is 1. The monoisotopic (exact) mass is 297 g/mol. The van der Waals surface area contributed by atoms with E-state index in [4.69, 9.17) is 0 Å². The summed E-state index contributed by atoms with van der Waals surface area (Å²) in [6.45, 7) is 0. The van der Waals surface area contributed by atoms with Crippen molar-refractivity contribution in [1.82, 2.24) is 0 Å². The van der Waals surface area contributed by atoms with Crippen LogP contribution in [0.5, 0.6) is 0 Å². The summed E-state index contributed by atoms with van der Waals surface area (Å²) in [5.74, 6) is 0. The van der Waals surface area contributed by atoms with Crippen LogP contribution in [0.25, 0.3) is 0 Å². The lowest BCUT2D eigenvalue weighted by atomic mass is 10.1. The first kappa shape index (κ1) is 9.77. The van der Waals surface area contributed by atoms with Crippen LogP contribution in [0.4, 0.5) is 5.69 Å². The van der Waals surface area contributed by atoms with Crippen molar-refractivity contribution >= 4 is 28.6 Å². The smallest absolute Gasteiger partial charge is 0.0610 e. The first-order chi connectivity index (χ1) is 6.88. The van der Waals surface area contributed by atoms with Crippen LogP contribution in [-0.4, -0.2) is 6.04 Å². The second kappa shape index (κ2) is 4.64. The Labute approximate surface area is 98.6 Å². The molecule has 0 N–H and O–H groups in total. The molecule has 0 fully saturated rings. The van der Waals surface area contributed by atoms with E-state index in [1.165, 1.54) is 5.69 Å².